The van der Waals surface area contributed by atoms with Crippen molar-refractivity contribution in [3.63, 3.8) is 0 Å². The van der Waals surface area contributed by atoms with Crippen molar-refractivity contribution in [2.24, 2.45) is 0 Å². The standard InChI is InChI=1S/C20H25ClN2O4S2/c1-2-18-8-5-6-14-23(18)29(26,27)19-12-10-17(11-13-19)22-28(24,25)15-16-7-3-4-9-20(16)21/h3-4,7,9-13,18,22H,2,5-6,8,14-15H2,1H3. The van der Waals surface area contributed by atoms with E-state index < -0.39 is 20.0 Å². The molecule has 0 saturated carbocycles. The maximum absolute atomic E-state index is 13.0. The van der Waals surface area contributed by atoms with Gasteiger partial charge in [-0.1, -0.05) is 43.1 Å². The molecule has 1 aliphatic rings. The van der Waals surface area contributed by atoms with Crippen LogP contribution in [0, 0.1) is 0 Å². The zero-order valence-electron chi connectivity index (χ0n) is 16.2. The summed E-state index contributed by atoms with van der Waals surface area (Å²) in [7, 11) is -7.29. The summed E-state index contributed by atoms with van der Waals surface area (Å²) in [6.45, 7) is 2.52. The number of nitrogens with one attached hydrogen (secondary N) is 1. The van der Waals surface area contributed by atoms with Crippen LogP contribution < -0.4 is 4.72 Å². The Kier molecular flexibility index (Phi) is 6.88. The van der Waals surface area contributed by atoms with Gasteiger partial charge in [0.1, 0.15) is 0 Å². The minimum absolute atomic E-state index is 0.0163. The molecule has 0 radical (unpaired) electrons. The summed E-state index contributed by atoms with van der Waals surface area (Å²) in [5, 5.41) is 0.381. The molecule has 1 fully saturated rings. The van der Waals surface area contributed by atoms with Gasteiger partial charge in [-0.2, -0.15) is 4.31 Å². The third-order valence-electron chi connectivity index (χ3n) is 5.08. The van der Waals surface area contributed by atoms with E-state index in [1.165, 1.54) is 24.3 Å². The SMILES string of the molecule is CCC1CCCCN1S(=O)(=O)c1ccc(NS(=O)(=O)Cc2ccccc2Cl)cc1. The highest BCUT2D eigenvalue weighted by Gasteiger charge is 2.32. The lowest BCUT2D eigenvalue weighted by molar-refractivity contribution is 0.246. The summed E-state index contributed by atoms with van der Waals surface area (Å²) in [6.07, 6.45) is 3.54. The minimum atomic E-state index is -3.69. The van der Waals surface area contributed by atoms with E-state index >= 15 is 0 Å². The van der Waals surface area contributed by atoms with E-state index in [9.17, 15) is 16.8 Å². The lowest BCUT2D eigenvalue weighted by atomic mass is 10.0. The van der Waals surface area contributed by atoms with Gasteiger partial charge >= 0.3 is 0 Å². The molecule has 2 aromatic carbocycles. The number of hydrogen-bond donors (Lipinski definition) is 1. The summed E-state index contributed by atoms with van der Waals surface area (Å²) in [4.78, 5) is 0.173. The first-order valence-corrected chi connectivity index (χ1v) is 13.1. The molecule has 0 aromatic heterocycles. The molecule has 29 heavy (non-hydrogen) atoms. The molecule has 1 aliphatic heterocycles. The number of nitrogens with zero attached hydrogens (tertiary/aromatic N) is 1. The topological polar surface area (TPSA) is 83.6 Å². The van der Waals surface area contributed by atoms with E-state index in [0.717, 1.165) is 25.7 Å². The van der Waals surface area contributed by atoms with Crippen LogP contribution >= 0.6 is 11.6 Å². The van der Waals surface area contributed by atoms with Gasteiger partial charge in [-0.05, 0) is 55.2 Å². The first kappa shape index (κ1) is 22.1. The fraction of sp³-hybridized carbons (Fsp3) is 0.400. The van der Waals surface area contributed by atoms with Crippen molar-refractivity contribution in [2.75, 3.05) is 11.3 Å². The summed E-state index contributed by atoms with van der Waals surface area (Å²) in [6, 6.07) is 12.6. The van der Waals surface area contributed by atoms with Gasteiger partial charge in [-0.15, -0.1) is 0 Å². The molecule has 1 unspecified atom stereocenters. The van der Waals surface area contributed by atoms with Crippen LogP contribution in [0.2, 0.25) is 5.02 Å². The maximum Gasteiger partial charge on any atom is 0.243 e. The minimum Gasteiger partial charge on any atom is -0.283 e. The van der Waals surface area contributed by atoms with Gasteiger partial charge in [0.15, 0.2) is 0 Å². The van der Waals surface area contributed by atoms with Gasteiger partial charge in [0.05, 0.1) is 10.6 Å². The molecule has 1 atom stereocenters. The molecule has 0 spiro atoms. The third-order valence-corrected chi connectivity index (χ3v) is 8.65. The second-order valence-corrected chi connectivity index (χ2v) is 11.2. The molecule has 2 aromatic rings. The highest BCUT2D eigenvalue weighted by molar-refractivity contribution is 7.92. The molecule has 0 aliphatic carbocycles. The lowest BCUT2D eigenvalue weighted by Crippen LogP contribution is -2.43. The summed E-state index contributed by atoms with van der Waals surface area (Å²) >= 11 is 6.04. The molecule has 158 valence electrons. The smallest absolute Gasteiger partial charge is 0.243 e. The molecule has 1 heterocycles. The highest BCUT2D eigenvalue weighted by Crippen LogP contribution is 2.28. The largest absolute Gasteiger partial charge is 0.283 e. The van der Waals surface area contributed by atoms with Crippen LogP contribution in [0.25, 0.3) is 0 Å². The lowest BCUT2D eigenvalue weighted by Gasteiger charge is -2.34. The van der Waals surface area contributed by atoms with Crippen molar-refractivity contribution >= 4 is 37.3 Å². The van der Waals surface area contributed by atoms with Gasteiger partial charge in [-0.3, -0.25) is 4.72 Å². The van der Waals surface area contributed by atoms with Crippen molar-refractivity contribution in [3.8, 4) is 0 Å². The molecule has 0 amide bonds. The number of anilines is 1. The van der Waals surface area contributed by atoms with E-state index in [-0.39, 0.29) is 16.7 Å². The molecular formula is C20H25ClN2O4S2. The molecule has 3 rings (SSSR count). The normalized spacial score (nSPS) is 18.5. The van der Waals surface area contributed by atoms with Gasteiger partial charge in [0.2, 0.25) is 20.0 Å². The fourth-order valence-corrected chi connectivity index (χ4v) is 6.84. The number of halogens is 1. The van der Waals surface area contributed by atoms with E-state index in [1.54, 1.807) is 28.6 Å². The van der Waals surface area contributed by atoms with Crippen LogP contribution in [-0.2, 0) is 25.8 Å². The molecular weight excluding hydrogens is 432 g/mol. The second-order valence-electron chi connectivity index (χ2n) is 7.15. The Labute approximate surface area is 178 Å². The molecule has 6 nitrogen and oxygen atoms in total. The Morgan fingerprint density at radius 2 is 1.72 bits per heavy atom. The molecule has 1 saturated heterocycles. The van der Waals surface area contributed by atoms with Crippen molar-refractivity contribution in [2.45, 2.75) is 49.3 Å². The number of benzene rings is 2. The summed E-state index contributed by atoms with van der Waals surface area (Å²) in [5.41, 5.74) is 0.804. The van der Waals surface area contributed by atoms with Crippen LogP contribution in [0.15, 0.2) is 53.4 Å². The first-order valence-electron chi connectivity index (χ1n) is 9.59. The van der Waals surface area contributed by atoms with Gasteiger partial charge in [0.25, 0.3) is 0 Å². The Balaban J connectivity index is 1.75. The van der Waals surface area contributed by atoms with Crippen LogP contribution in [0.3, 0.4) is 0 Å². The predicted octanol–water partition coefficient (Wildman–Crippen LogP) is 4.24. The van der Waals surface area contributed by atoms with Gasteiger partial charge in [0, 0.05) is 23.3 Å². The van der Waals surface area contributed by atoms with Crippen LogP contribution in [0.1, 0.15) is 38.2 Å². The third kappa shape index (κ3) is 5.31. The number of piperidine rings is 1. The van der Waals surface area contributed by atoms with Crippen LogP contribution in [-0.4, -0.2) is 33.7 Å². The van der Waals surface area contributed by atoms with E-state index in [4.69, 9.17) is 11.6 Å². The van der Waals surface area contributed by atoms with Gasteiger partial charge < -0.3 is 0 Å². The van der Waals surface area contributed by atoms with E-state index in [1.807, 2.05) is 6.92 Å². The Bertz CT molecular complexity index is 1050. The van der Waals surface area contributed by atoms with Crippen molar-refractivity contribution in [3.05, 3.63) is 59.1 Å². The first-order chi connectivity index (χ1) is 13.7. The zero-order valence-corrected chi connectivity index (χ0v) is 18.6. The monoisotopic (exact) mass is 456 g/mol. The second kappa shape index (κ2) is 9.04. The van der Waals surface area contributed by atoms with Crippen molar-refractivity contribution < 1.29 is 16.8 Å². The van der Waals surface area contributed by atoms with Crippen LogP contribution in [0.5, 0.6) is 0 Å². The highest BCUT2D eigenvalue weighted by atomic mass is 35.5. The van der Waals surface area contributed by atoms with Crippen molar-refractivity contribution in [1.82, 2.24) is 4.31 Å². The van der Waals surface area contributed by atoms with Crippen molar-refractivity contribution in [1.29, 1.82) is 0 Å². The average Bonchev–Trinajstić information content (AvgIpc) is 2.69. The van der Waals surface area contributed by atoms with E-state index in [0.29, 0.717) is 22.8 Å². The summed E-state index contributed by atoms with van der Waals surface area (Å²) < 4.78 is 54.9. The maximum atomic E-state index is 13.0. The quantitative estimate of drug-likeness (QED) is 0.675. The Morgan fingerprint density at radius 1 is 1.03 bits per heavy atom. The fourth-order valence-electron chi connectivity index (χ4n) is 3.56. The predicted molar refractivity (Wildman–Crippen MR) is 116 cm³/mol. The van der Waals surface area contributed by atoms with Gasteiger partial charge in [-0.25, -0.2) is 16.8 Å². The Hall–Kier alpha value is -1.61. The Morgan fingerprint density at radius 3 is 2.38 bits per heavy atom. The van der Waals surface area contributed by atoms with Crippen LogP contribution in [0.4, 0.5) is 5.69 Å². The zero-order chi connectivity index (χ0) is 21.1. The summed E-state index contributed by atoms with van der Waals surface area (Å²) in [5.74, 6) is -0.265. The number of rotatable bonds is 7. The van der Waals surface area contributed by atoms with E-state index in [2.05, 4.69) is 4.72 Å². The number of sulfonamides is 2. The average molecular weight is 457 g/mol. The molecule has 1 N–H and O–H groups in total. The number of hydrogen-bond acceptors (Lipinski definition) is 4. The molecule has 9 heteroatoms. The molecule has 0 bridgehead atoms.